The number of methoxy groups -OCH3 is 1. The molecule has 3 N–H and O–H groups in total. The smallest absolute Gasteiger partial charge is 0.0615 e. The molecule has 1 saturated carbocycles. The lowest BCUT2D eigenvalue weighted by Crippen LogP contribution is -2.35. The van der Waals surface area contributed by atoms with Crippen LogP contribution in [-0.2, 0) is 4.74 Å². The maximum atomic E-state index is 5.56. The van der Waals surface area contributed by atoms with Crippen molar-refractivity contribution >= 4 is 0 Å². The molecule has 0 amide bonds. The van der Waals surface area contributed by atoms with Gasteiger partial charge in [0, 0.05) is 13.2 Å². The third-order valence-corrected chi connectivity index (χ3v) is 4.25. The van der Waals surface area contributed by atoms with Gasteiger partial charge in [0.15, 0.2) is 0 Å². The molecule has 0 spiro atoms. The molecule has 3 nitrogen and oxygen atoms in total. The van der Waals surface area contributed by atoms with Gasteiger partial charge in [-0.15, -0.1) is 0 Å². The van der Waals surface area contributed by atoms with Crippen molar-refractivity contribution in [1.82, 2.24) is 5.32 Å². The molecule has 108 valence electrons. The van der Waals surface area contributed by atoms with Gasteiger partial charge in [-0.05, 0) is 44.2 Å². The van der Waals surface area contributed by atoms with Crippen LogP contribution in [0, 0.1) is 11.8 Å². The maximum absolute atomic E-state index is 5.56. The van der Waals surface area contributed by atoms with Gasteiger partial charge in [-0.25, -0.2) is 0 Å². The van der Waals surface area contributed by atoms with E-state index in [4.69, 9.17) is 10.5 Å². The molecule has 0 bridgehead atoms. The second kappa shape index (κ2) is 9.76. The first-order valence-electron chi connectivity index (χ1n) is 7.68. The van der Waals surface area contributed by atoms with E-state index in [9.17, 15) is 0 Å². The minimum Gasteiger partial charge on any atom is -0.383 e. The first kappa shape index (κ1) is 15.9. The van der Waals surface area contributed by atoms with Crippen molar-refractivity contribution in [3.63, 3.8) is 0 Å². The molecule has 1 aliphatic rings. The molecule has 0 radical (unpaired) electrons. The van der Waals surface area contributed by atoms with Gasteiger partial charge in [0.2, 0.25) is 0 Å². The van der Waals surface area contributed by atoms with Gasteiger partial charge in [-0.3, -0.25) is 0 Å². The van der Waals surface area contributed by atoms with E-state index in [-0.39, 0.29) is 0 Å². The average Bonchev–Trinajstić information content (AvgIpc) is 2.38. The van der Waals surface area contributed by atoms with Crippen LogP contribution in [0.2, 0.25) is 0 Å². The number of ether oxygens (including phenoxy) is 1. The van der Waals surface area contributed by atoms with Gasteiger partial charge < -0.3 is 15.8 Å². The van der Waals surface area contributed by atoms with Gasteiger partial charge in [-0.2, -0.15) is 0 Å². The number of nitrogens with one attached hydrogen (secondary N) is 1. The number of rotatable bonds is 9. The second-order valence-electron chi connectivity index (χ2n) is 5.95. The van der Waals surface area contributed by atoms with E-state index in [2.05, 4.69) is 12.2 Å². The van der Waals surface area contributed by atoms with Crippen LogP contribution >= 0.6 is 0 Å². The highest BCUT2D eigenvalue weighted by Crippen LogP contribution is 2.29. The molecular weight excluding hydrogens is 224 g/mol. The fourth-order valence-electron chi connectivity index (χ4n) is 2.92. The van der Waals surface area contributed by atoms with Crippen LogP contribution in [0.4, 0.5) is 0 Å². The van der Waals surface area contributed by atoms with E-state index in [1.807, 2.05) is 0 Å². The van der Waals surface area contributed by atoms with E-state index in [1.165, 1.54) is 32.1 Å². The summed E-state index contributed by atoms with van der Waals surface area (Å²) in [7, 11) is 1.78. The minimum atomic E-state index is 0.487. The second-order valence-corrected chi connectivity index (χ2v) is 5.95. The predicted octanol–water partition coefficient (Wildman–Crippen LogP) is 2.55. The van der Waals surface area contributed by atoms with Crippen LogP contribution in [0.3, 0.4) is 0 Å². The Balaban J connectivity index is 2.09. The highest BCUT2D eigenvalue weighted by Gasteiger charge is 2.18. The van der Waals surface area contributed by atoms with Crippen LogP contribution in [0.5, 0.6) is 0 Å². The van der Waals surface area contributed by atoms with Gasteiger partial charge in [0.25, 0.3) is 0 Å². The van der Waals surface area contributed by atoms with Crippen molar-refractivity contribution in [3.05, 3.63) is 0 Å². The summed E-state index contributed by atoms with van der Waals surface area (Å²) in [5.41, 5.74) is 5.56. The molecule has 0 aliphatic heterocycles. The zero-order valence-electron chi connectivity index (χ0n) is 12.3. The number of nitrogens with two attached hydrogens (primary N) is 1. The zero-order valence-corrected chi connectivity index (χ0v) is 12.3. The molecule has 1 atom stereocenters. The van der Waals surface area contributed by atoms with Crippen LogP contribution in [-0.4, -0.2) is 32.8 Å². The van der Waals surface area contributed by atoms with Crippen molar-refractivity contribution in [1.29, 1.82) is 0 Å². The summed E-state index contributed by atoms with van der Waals surface area (Å²) in [5, 5.41) is 3.63. The molecule has 0 aromatic rings. The van der Waals surface area contributed by atoms with Crippen molar-refractivity contribution in [2.24, 2.45) is 17.6 Å². The molecule has 18 heavy (non-hydrogen) atoms. The highest BCUT2D eigenvalue weighted by molar-refractivity contribution is 4.73. The monoisotopic (exact) mass is 256 g/mol. The molecule has 0 saturated heterocycles. The Labute approximate surface area is 113 Å². The topological polar surface area (TPSA) is 47.3 Å². The minimum absolute atomic E-state index is 0.487. The quantitative estimate of drug-likeness (QED) is 0.666. The van der Waals surface area contributed by atoms with Gasteiger partial charge in [0.1, 0.15) is 0 Å². The summed E-state index contributed by atoms with van der Waals surface area (Å²) in [6, 6.07) is 0.487. The van der Waals surface area contributed by atoms with Crippen LogP contribution in [0.1, 0.15) is 51.9 Å². The third-order valence-electron chi connectivity index (χ3n) is 4.25. The van der Waals surface area contributed by atoms with Crippen molar-refractivity contribution in [2.75, 3.05) is 26.8 Å². The largest absolute Gasteiger partial charge is 0.383 e. The lowest BCUT2D eigenvalue weighted by molar-refractivity contribution is 0.159. The van der Waals surface area contributed by atoms with Crippen LogP contribution < -0.4 is 11.1 Å². The Morgan fingerprint density at radius 2 is 2.00 bits per heavy atom. The lowest BCUT2D eigenvalue weighted by atomic mass is 9.81. The number of hydrogen-bond acceptors (Lipinski definition) is 3. The van der Waals surface area contributed by atoms with E-state index < -0.39 is 0 Å². The van der Waals surface area contributed by atoms with Crippen molar-refractivity contribution < 1.29 is 4.74 Å². The van der Waals surface area contributed by atoms with Gasteiger partial charge >= 0.3 is 0 Å². The Hall–Kier alpha value is -0.120. The molecule has 0 aromatic heterocycles. The Kier molecular flexibility index (Phi) is 8.64. The van der Waals surface area contributed by atoms with Gasteiger partial charge in [0.05, 0.1) is 6.61 Å². The van der Waals surface area contributed by atoms with Crippen molar-refractivity contribution in [3.8, 4) is 0 Å². The maximum Gasteiger partial charge on any atom is 0.0615 e. The average molecular weight is 256 g/mol. The number of hydrogen-bond donors (Lipinski definition) is 2. The van der Waals surface area contributed by atoms with Gasteiger partial charge in [-0.1, -0.05) is 32.6 Å². The Morgan fingerprint density at radius 1 is 1.28 bits per heavy atom. The van der Waals surface area contributed by atoms with Crippen LogP contribution in [0.15, 0.2) is 0 Å². The summed E-state index contributed by atoms with van der Waals surface area (Å²) in [5.74, 6) is 1.91. The van der Waals surface area contributed by atoms with E-state index in [1.54, 1.807) is 7.11 Å². The summed E-state index contributed by atoms with van der Waals surface area (Å²) >= 11 is 0. The fourth-order valence-corrected chi connectivity index (χ4v) is 2.92. The van der Waals surface area contributed by atoms with E-state index in [0.29, 0.717) is 6.04 Å². The fraction of sp³-hybridized carbons (Fsp3) is 1.00. The molecule has 1 unspecified atom stereocenters. The highest BCUT2D eigenvalue weighted by atomic mass is 16.5. The first-order valence-corrected chi connectivity index (χ1v) is 7.68. The van der Waals surface area contributed by atoms with E-state index in [0.717, 1.165) is 44.4 Å². The lowest BCUT2D eigenvalue weighted by Gasteiger charge is -2.27. The molecule has 1 fully saturated rings. The summed E-state index contributed by atoms with van der Waals surface area (Å²) in [6.07, 6.45) is 9.27. The Morgan fingerprint density at radius 3 is 2.61 bits per heavy atom. The molecule has 1 rings (SSSR count). The molecule has 1 aliphatic carbocycles. The summed E-state index contributed by atoms with van der Waals surface area (Å²) in [6.45, 7) is 5.11. The molecule has 0 heterocycles. The third kappa shape index (κ3) is 6.72. The molecule has 3 heteroatoms. The molecular formula is C15H32N2O. The summed E-state index contributed by atoms with van der Waals surface area (Å²) < 4.78 is 5.25. The van der Waals surface area contributed by atoms with Crippen molar-refractivity contribution in [2.45, 2.75) is 57.9 Å². The normalized spacial score (nSPS) is 26.2. The predicted molar refractivity (Wildman–Crippen MR) is 77.7 cm³/mol. The van der Waals surface area contributed by atoms with Crippen LogP contribution in [0.25, 0.3) is 0 Å². The zero-order chi connectivity index (χ0) is 13.2. The SMILES string of the molecule is COCC(CCCN)NCCC1CCC(C)CC1. The first-order chi connectivity index (χ1) is 8.76. The van der Waals surface area contributed by atoms with E-state index >= 15 is 0 Å². The standard InChI is InChI=1S/C15H32N2O/c1-13-5-7-14(8-6-13)9-11-17-15(12-18-2)4-3-10-16/h13-15,17H,3-12,16H2,1-2H3. The summed E-state index contributed by atoms with van der Waals surface area (Å²) in [4.78, 5) is 0. The molecule has 0 aromatic carbocycles. The Bertz CT molecular complexity index is 191.